The van der Waals surface area contributed by atoms with Crippen LogP contribution < -0.4 is 5.32 Å². The van der Waals surface area contributed by atoms with Crippen molar-refractivity contribution in [2.45, 2.75) is 11.8 Å². The lowest BCUT2D eigenvalue weighted by atomic mass is 10.1. The Hall–Kier alpha value is -3.29. The van der Waals surface area contributed by atoms with E-state index in [2.05, 4.69) is 5.32 Å². The van der Waals surface area contributed by atoms with Crippen molar-refractivity contribution >= 4 is 27.4 Å². The van der Waals surface area contributed by atoms with Crippen molar-refractivity contribution in [3.8, 4) is 11.1 Å². The van der Waals surface area contributed by atoms with E-state index < -0.39 is 15.9 Å². The molecule has 0 radical (unpaired) electrons. The summed E-state index contributed by atoms with van der Waals surface area (Å²) in [5.74, 6) is -0.598. The molecular weight excluding hydrogens is 400 g/mol. The average Bonchev–Trinajstić information content (AvgIpc) is 2.74. The molecule has 0 fully saturated rings. The van der Waals surface area contributed by atoms with Gasteiger partial charge in [-0.2, -0.15) is 4.31 Å². The molecule has 0 heterocycles. The van der Waals surface area contributed by atoms with E-state index in [1.807, 2.05) is 42.5 Å². The first-order chi connectivity index (χ1) is 14.3. The second-order valence-electron chi connectivity index (χ2n) is 6.83. The second kappa shape index (κ2) is 9.02. The lowest BCUT2D eigenvalue weighted by Crippen LogP contribution is -2.35. The molecule has 1 amide bonds. The quantitative estimate of drug-likeness (QED) is 0.587. The lowest BCUT2D eigenvalue weighted by Gasteiger charge is -2.17. The third-order valence-corrected chi connectivity index (χ3v) is 6.43. The van der Waals surface area contributed by atoms with E-state index in [9.17, 15) is 18.0 Å². The minimum atomic E-state index is -3.85. The van der Waals surface area contributed by atoms with Gasteiger partial charge in [-0.15, -0.1) is 0 Å². The van der Waals surface area contributed by atoms with Gasteiger partial charge in [-0.1, -0.05) is 54.6 Å². The first-order valence-corrected chi connectivity index (χ1v) is 10.7. The molecule has 0 aromatic heterocycles. The number of rotatable bonds is 7. The van der Waals surface area contributed by atoms with Crippen LogP contribution in [-0.2, 0) is 14.8 Å². The van der Waals surface area contributed by atoms with E-state index in [-0.39, 0.29) is 17.2 Å². The summed E-state index contributed by atoms with van der Waals surface area (Å²) in [5.41, 5.74) is 3.09. The molecule has 0 bridgehead atoms. The Morgan fingerprint density at radius 3 is 1.97 bits per heavy atom. The van der Waals surface area contributed by atoms with E-state index in [1.54, 1.807) is 12.1 Å². The molecule has 3 rings (SSSR count). The average molecular weight is 423 g/mol. The summed E-state index contributed by atoms with van der Waals surface area (Å²) in [5, 5.41) is 2.71. The molecule has 0 aliphatic carbocycles. The molecule has 0 aliphatic rings. The number of nitrogens with one attached hydrogen (secondary N) is 1. The highest BCUT2D eigenvalue weighted by Crippen LogP contribution is 2.21. The summed E-state index contributed by atoms with van der Waals surface area (Å²) in [6.45, 7) is 1.07. The molecule has 0 unspecified atom stereocenters. The molecule has 0 aliphatic heterocycles. The molecule has 0 saturated heterocycles. The zero-order valence-corrected chi connectivity index (χ0v) is 17.5. The van der Waals surface area contributed by atoms with Crippen LogP contribution in [0.1, 0.15) is 17.3 Å². The number of hydrogen-bond donors (Lipinski definition) is 1. The smallest absolute Gasteiger partial charge is 0.243 e. The lowest BCUT2D eigenvalue weighted by molar-refractivity contribution is -0.116. The summed E-state index contributed by atoms with van der Waals surface area (Å²) in [6.07, 6.45) is 0. The van der Waals surface area contributed by atoms with Gasteiger partial charge in [0.05, 0.1) is 11.4 Å². The van der Waals surface area contributed by atoms with Crippen molar-refractivity contribution in [2.75, 3.05) is 18.9 Å². The van der Waals surface area contributed by atoms with Gasteiger partial charge in [0.25, 0.3) is 0 Å². The fourth-order valence-corrected chi connectivity index (χ4v) is 4.03. The van der Waals surface area contributed by atoms with Crippen LogP contribution >= 0.6 is 0 Å². The number of anilines is 1. The van der Waals surface area contributed by atoms with Gasteiger partial charge in [-0.3, -0.25) is 9.59 Å². The maximum absolute atomic E-state index is 12.7. The second-order valence-corrected chi connectivity index (χ2v) is 8.88. The number of hydrogen-bond acceptors (Lipinski definition) is 4. The molecule has 7 heteroatoms. The minimum Gasteiger partial charge on any atom is -0.325 e. The van der Waals surface area contributed by atoms with Gasteiger partial charge in [0, 0.05) is 18.3 Å². The standard InChI is InChI=1S/C23H22N2O4S/c1-17(26)18-10-14-22(15-11-18)30(28,29)25(2)16-23(27)24-21-12-8-20(9-13-21)19-6-4-3-5-7-19/h3-15H,16H2,1-2H3,(H,24,27). The molecule has 6 nitrogen and oxygen atoms in total. The Bertz CT molecular complexity index is 1140. The largest absolute Gasteiger partial charge is 0.325 e. The molecule has 3 aromatic carbocycles. The van der Waals surface area contributed by atoms with Crippen LogP contribution in [0.5, 0.6) is 0 Å². The first kappa shape index (κ1) is 21.4. The molecule has 154 valence electrons. The summed E-state index contributed by atoms with van der Waals surface area (Å²) < 4.78 is 26.3. The van der Waals surface area contributed by atoms with Crippen LogP contribution in [0, 0.1) is 0 Å². The van der Waals surface area contributed by atoms with E-state index in [4.69, 9.17) is 0 Å². The molecular formula is C23H22N2O4S. The van der Waals surface area contributed by atoms with Crippen LogP contribution in [-0.4, -0.2) is 38.0 Å². The number of carbonyl (C=O) groups is 2. The van der Waals surface area contributed by atoms with Crippen molar-refractivity contribution < 1.29 is 18.0 Å². The highest BCUT2D eigenvalue weighted by molar-refractivity contribution is 7.89. The number of amides is 1. The zero-order valence-electron chi connectivity index (χ0n) is 16.7. The molecule has 0 saturated carbocycles. The molecule has 0 spiro atoms. The molecule has 3 aromatic rings. The van der Waals surface area contributed by atoms with Crippen LogP contribution in [0.15, 0.2) is 83.8 Å². The Labute approximate surface area is 176 Å². The number of nitrogens with zero attached hydrogens (tertiary/aromatic N) is 1. The van der Waals surface area contributed by atoms with Crippen LogP contribution in [0.2, 0.25) is 0 Å². The van der Waals surface area contributed by atoms with Crippen molar-refractivity contribution in [3.63, 3.8) is 0 Å². The molecule has 30 heavy (non-hydrogen) atoms. The summed E-state index contributed by atoms with van der Waals surface area (Å²) in [4.78, 5) is 23.7. The number of likely N-dealkylation sites (N-methyl/N-ethyl adjacent to an activating group) is 1. The Balaban J connectivity index is 1.64. The van der Waals surface area contributed by atoms with Crippen LogP contribution in [0.25, 0.3) is 11.1 Å². The van der Waals surface area contributed by atoms with E-state index in [0.717, 1.165) is 15.4 Å². The number of ketones is 1. The predicted molar refractivity (Wildman–Crippen MR) is 117 cm³/mol. The fraction of sp³-hybridized carbons (Fsp3) is 0.130. The number of Topliss-reactive ketones (excluding diaryl/α,β-unsaturated/α-hetero) is 1. The summed E-state index contributed by atoms with van der Waals surface area (Å²) >= 11 is 0. The van der Waals surface area contributed by atoms with Crippen LogP contribution in [0.3, 0.4) is 0 Å². The fourth-order valence-electron chi connectivity index (χ4n) is 2.91. The number of benzene rings is 3. The van der Waals surface area contributed by atoms with Gasteiger partial charge in [-0.05, 0) is 42.3 Å². The third kappa shape index (κ3) is 5.00. The SMILES string of the molecule is CC(=O)c1ccc(S(=O)(=O)N(C)CC(=O)Nc2ccc(-c3ccccc3)cc2)cc1. The maximum atomic E-state index is 12.7. The Kier molecular flexibility index (Phi) is 6.44. The van der Waals surface area contributed by atoms with Gasteiger partial charge in [0.15, 0.2) is 5.78 Å². The number of sulfonamides is 1. The third-order valence-electron chi connectivity index (χ3n) is 4.61. The molecule has 1 N–H and O–H groups in total. The number of carbonyl (C=O) groups excluding carboxylic acids is 2. The van der Waals surface area contributed by atoms with Gasteiger partial charge >= 0.3 is 0 Å². The van der Waals surface area contributed by atoms with E-state index >= 15 is 0 Å². The van der Waals surface area contributed by atoms with Gasteiger partial charge in [0.1, 0.15) is 0 Å². The van der Waals surface area contributed by atoms with Crippen molar-refractivity contribution in [1.29, 1.82) is 0 Å². The molecule has 0 atom stereocenters. The van der Waals surface area contributed by atoms with Crippen molar-refractivity contribution in [3.05, 3.63) is 84.4 Å². The zero-order chi connectivity index (χ0) is 21.7. The Morgan fingerprint density at radius 1 is 0.833 bits per heavy atom. The highest BCUT2D eigenvalue weighted by atomic mass is 32.2. The van der Waals surface area contributed by atoms with Gasteiger partial charge in [-0.25, -0.2) is 8.42 Å². The monoisotopic (exact) mass is 422 g/mol. The first-order valence-electron chi connectivity index (χ1n) is 9.30. The highest BCUT2D eigenvalue weighted by Gasteiger charge is 2.23. The van der Waals surface area contributed by atoms with Crippen molar-refractivity contribution in [1.82, 2.24) is 4.31 Å². The van der Waals surface area contributed by atoms with E-state index in [0.29, 0.717) is 11.3 Å². The van der Waals surface area contributed by atoms with E-state index in [1.165, 1.54) is 38.2 Å². The van der Waals surface area contributed by atoms with Gasteiger partial charge in [0.2, 0.25) is 15.9 Å². The van der Waals surface area contributed by atoms with Crippen molar-refractivity contribution in [2.24, 2.45) is 0 Å². The summed E-state index contributed by atoms with van der Waals surface area (Å²) in [7, 11) is -2.51. The topological polar surface area (TPSA) is 83.6 Å². The predicted octanol–water partition coefficient (Wildman–Crippen LogP) is 3.82. The maximum Gasteiger partial charge on any atom is 0.243 e. The van der Waals surface area contributed by atoms with Crippen LogP contribution in [0.4, 0.5) is 5.69 Å². The normalized spacial score (nSPS) is 11.3. The Morgan fingerprint density at radius 2 is 1.40 bits per heavy atom. The summed E-state index contributed by atoms with van der Waals surface area (Å²) in [6, 6.07) is 22.8. The minimum absolute atomic E-state index is 0.0232. The van der Waals surface area contributed by atoms with Gasteiger partial charge < -0.3 is 5.32 Å².